The third-order valence-electron chi connectivity index (χ3n) is 3.96. The van der Waals surface area contributed by atoms with Crippen molar-refractivity contribution in [2.75, 3.05) is 25.6 Å². The molecule has 0 aliphatic heterocycles. The Kier molecular flexibility index (Phi) is 8.48. The van der Waals surface area contributed by atoms with Gasteiger partial charge in [-0.05, 0) is 55.8 Å². The van der Waals surface area contributed by atoms with Gasteiger partial charge in [0, 0.05) is 29.2 Å². The molecule has 2 rings (SSSR count). The first-order valence-electron chi connectivity index (χ1n) is 9.03. The maximum Gasteiger partial charge on any atom is 0.257 e. The number of Topliss-reactive ketones (excluding diaryl/α,β-unsaturated/α-hetero) is 1. The van der Waals surface area contributed by atoms with E-state index in [1.807, 2.05) is 0 Å². The minimum absolute atomic E-state index is 0.0901. The van der Waals surface area contributed by atoms with E-state index in [1.165, 1.54) is 14.0 Å². The van der Waals surface area contributed by atoms with E-state index in [-0.39, 0.29) is 30.6 Å². The van der Waals surface area contributed by atoms with Crippen molar-refractivity contribution < 1.29 is 23.9 Å². The highest BCUT2D eigenvalue weighted by Gasteiger charge is 2.10. The van der Waals surface area contributed by atoms with Crippen molar-refractivity contribution in [3.8, 4) is 11.5 Å². The number of methoxy groups -OCH3 is 1. The molecule has 2 amide bonds. The summed E-state index contributed by atoms with van der Waals surface area (Å²) >= 11 is 5.80. The van der Waals surface area contributed by atoms with E-state index in [4.69, 9.17) is 21.1 Å². The second-order valence-electron chi connectivity index (χ2n) is 6.22. The van der Waals surface area contributed by atoms with E-state index < -0.39 is 0 Å². The molecule has 0 aliphatic rings. The number of carbonyl (C=O) groups excluding carboxylic acids is 3. The van der Waals surface area contributed by atoms with Gasteiger partial charge in [0.1, 0.15) is 0 Å². The van der Waals surface area contributed by atoms with Crippen molar-refractivity contribution >= 4 is 34.9 Å². The van der Waals surface area contributed by atoms with E-state index in [0.29, 0.717) is 40.7 Å². The zero-order valence-electron chi connectivity index (χ0n) is 16.3. The summed E-state index contributed by atoms with van der Waals surface area (Å²) in [5.74, 6) is 0.195. The molecule has 0 spiro atoms. The van der Waals surface area contributed by atoms with E-state index in [1.54, 1.807) is 42.5 Å². The summed E-state index contributed by atoms with van der Waals surface area (Å²) in [6.07, 6.45) is 0.756. The van der Waals surface area contributed by atoms with Gasteiger partial charge in [-0.1, -0.05) is 11.6 Å². The maximum atomic E-state index is 11.9. The quantitative estimate of drug-likeness (QED) is 0.455. The molecule has 7 nitrogen and oxygen atoms in total. The summed E-state index contributed by atoms with van der Waals surface area (Å²) in [6, 6.07) is 11.6. The number of carbonyl (C=O) groups is 3. The van der Waals surface area contributed by atoms with Crippen LogP contribution in [0.2, 0.25) is 5.02 Å². The first-order valence-corrected chi connectivity index (χ1v) is 9.40. The highest BCUT2D eigenvalue weighted by molar-refractivity contribution is 6.30. The van der Waals surface area contributed by atoms with Crippen molar-refractivity contribution in [2.45, 2.75) is 19.8 Å². The summed E-state index contributed by atoms with van der Waals surface area (Å²) in [7, 11) is 1.46. The monoisotopic (exact) mass is 418 g/mol. The van der Waals surface area contributed by atoms with Crippen LogP contribution < -0.4 is 20.1 Å². The highest BCUT2D eigenvalue weighted by Crippen LogP contribution is 2.28. The summed E-state index contributed by atoms with van der Waals surface area (Å²) in [5, 5.41) is 6.04. The van der Waals surface area contributed by atoms with Crippen LogP contribution in [0.4, 0.5) is 5.69 Å². The topological polar surface area (TPSA) is 93.7 Å². The van der Waals surface area contributed by atoms with Crippen molar-refractivity contribution in [3.63, 3.8) is 0 Å². The average Bonchev–Trinajstić information content (AvgIpc) is 2.71. The number of anilines is 1. The summed E-state index contributed by atoms with van der Waals surface area (Å²) < 4.78 is 10.6. The normalized spacial score (nSPS) is 10.2. The molecule has 0 heterocycles. The number of ether oxygens (including phenoxy) is 2. The molecule has 2 N–H and O–H groups in total. The predicted molar refractivity (Wildman–Crippen MR) is 111 cm³/mol. The lowest BCUT2D eigenvalue weighted by Gasteiger charge is -2.11. The van der Waals surface area contributed by atoms with Gasteiger partial charge in [-0.3, -0.25) is 14.4 Å². The molecule has 0 atom stereocenters. The van der Waals surface area contributed by atoms with Gasteiger partial charge in [0.2, 0.25) is 5.91 Å². The summed E-state index contributed by atoms with van der Waals surface area (Å²) in [6.45, 7) is 1.60. The third-order valence-corrected chi connectivity index (χ3v) is 4.21. The van der Waals surface area contributed by atoms with E-state index in [9.17, 15) is 14.4 Å². The van der Waals surface area contributed by atoms with Gasteiger partial charge in [0.15, 0.2) is 23.9 Å². The summed E-state index contributed by atoms with van der Waals surface area (Å²) in [4.78, 5) is 35.2. The minimum atomic E-state index is -0.319. The van der Waals surface area contributed by atoms with Crippen LogP contribution in [0.15, 0.2) is 42.5 Å². The fourth-order valence-electron chi connectivity index (χ4n) is 2.43. The lowest BCUT2D eigenvalue weighted by molar-refractivity contribution is -0.123. The number of hydrogen-bond donors (Lipinski definition) is 2. The van der Waals surface area contributed by atoms with Crippen LogP contribution in [0, 0.1) is 0 Å². The fourth-order valence-corrected chi connectivity index (χ4v) is 2.56. The molecule has 0 saturated heterocycles. The number of amides is 2. The molecule has 2 aromatic carbocycles. The van der Waals surface area contributed by atoms with Gasteiger partial charge < -0.3 is 20.1 Å². The molecule has 0 bridgehead atoms. The standard InChI is InChI=1S/C21H23ClN2O5/c1-14(25)15-5-10-18(19(12-15)28-2)29-13-21(27)23-11-3-4-20(26)24-17-8-6-16(22)7-9-17/h5-10,12H,3-4,11,13H2,1-2H3,(H,23,27)(H,24,26). The minimum Gasteiger partial charge on any atom is -0.493 e. The Morgan fingerprint density at radius 1 is 1.00 bits per heavy atom. The molecule has 154 valence electrons. The largest absolute Gasteiger partial charge is 0.493 e. The van der Waals surface area contributed by atoms with Crippen LogP contribution in [0.25, 0.3) is 0 Å². The molecule has 0 aromatic heterocycles. The van der Waals surface area contributed by atoms with Crippen molar-refractivity contribution in [1.82, 2.24) is 5.32 Å². The molecular weight excluding hydrogens is 396 g/mol. The van der Waals surface area contributed by atoms with Gasteiger partial charge in [0.05, 0.1) is 7.11 Å². The van der Waals surface area contributed by atoms with Gasteiger partial charge >= 0.3 is 0 Å². The molecular formula is C21H23ClN2O5. The predicted octanol–water partition coefficient (Wildman–Crippen LogP) is 3.47. The van der Waals surface area contributed by atoms with Crippen LogP contribution in [-0.2, 0) is 9.59 Å². The average molecular weight is 419 g/mol. The molecule has 2 aromatic rings. The highest BCUT2D eigenvalue weighted by atomic mass is 35.5. The number of ketones is 1. The Morgan fingerprint density at radius 2 is 1.72 bits per heavy atom. The smallest absolute Gasteiger partial charge is 0.257 e. The van der Waals surface area contributed by atoms with Crippen LogP contribution in [0.1, 0.15) is 30.1 Å². The van der Waals surface area contributed by atoms with Crippen LogP contribution in [0.5, 0.6) is 11.5 Å². The zero-order valence-corrected chi connectivity index (χ0v) is 17.0. The van der Waals surface area contributed by atoms with E-state index in [2.05, 4.69) is 10.6 Å². The number of hydrogen-bond acceptors (Lipinski definition) is 5. The number of benzene rings is 2. The lowest BCUT2D eigenvalue weighted by Crippen LogP contribution is -2.30. The summed E-state index contributed by atoms with van der Waals surface area (Å²) in [5.41, 5.74) is 1.16. The van der Waals surface area contributed by atoms with Gasteiger partial charge in [0.25, 0.3) is 5.91 Å². The zero-order chi connectivity index (χ0) is 21.2. The molecule has 0 unspecified atom stereocenters. The van der Waals surface area contributed by atoms with Gasteiger partial charge in [-0.15, -0.1) is 0 Å². The number of halogens is 1. The number of rotatable bonds is 10. The molecule has 0 radical (unpaired) electrons. The fraction of sp³-hybridized carbons (Fsp3) is 0.286. The van der Waals surface area contributed by atoms with Crippen molar-refractivity contribution in [1.29, 1.82) is 0 Å². The SMILES string of the molecule is COc1cc(C(C)=O)ccc1OCC(=O)NCCCC(=O)Nc1ccc(Cl)cc1. The Hall–Kier alpha value is -3.06. The van der Waals surface area contributed by atoms with Gasteiger partial charge in [-0.2, -0.15) is 0 Å². The maximum absolute atomic E-state index is 11.9. The van der Waals surface area contributed by atoms with Crippen LogP contribution >= 0.6 is 11.6 Å². The molecule has 0 saturated carbocycles. The first-order chi connectivity index (χ1) is 13.9. The van der Waals surface area contributed by atoms with E-state index >= 15 is 0 Å². The Morgan fingerprint density at radius 3 is 2.38 bits per heavy atom. The van der Waals surface area contributed by atoms with Crippen LogP contribution in [-0.4, -0.2) is 37.9 Å². The third kappa shape index (κ3) is 7.46. The van der Waals surface area contributed by atoms with Crippen LogP contribution in [0.3, 0.4) is 0 Å². The lowest BCUT2D eigenvalue weighted by atomic mass is 10.1. The number of nitrogens with one attached hydrogen (secondary N) is 2. The molecule has 8 heteroatoms. The Balaban J connectivity index is 1.69. The Bertz CT molecular complexity index is 868. The molecule has 0 aliphatic carbocycles. The van der Waals surface area contributed by atoms with Gasteiger partial charge in [-0.25, -0.2) is 0 Å². The van der Waals surface area contributed by atoms with Crippen molar-refractivity contribution in [2.24, 2.45) is 0 Å². The van der Waals surface area contributed by atoms with Crippen molar-refractivity contribution in [3.05, 3.63) is 53.1 Å². The van der Waals surface area contributed by atoms with E-state index in [0.717, 1.165) is 0 Å². The second-order valence-corrected chi connectivity index (χ2v) is 6.66. The second kappa shape index (κ2) is 11.1. The first kappa shape index (κ1) is 22.2. The molecule has 0 fully saturated rings. The molecule has 29 heavy (non-hydrogen) atoms. The Labute approximate surface area is 174 Å².